The van der Waals surface area contributed by atoms with E-state index >= 15 is 0 Å². The number of pyridine rings is 1. The van der Waals surface area contributed by atoms with Crippen molar-refractivity contribution in [2.24, 2.45) is 7.05 Å². The minimum atomic E-state index is -0.382. The Morgan fingerprint density at radius 1 is 1.32 bits per heavy atom. The Balaban J connectivity index is 1.65. The van der Waals surface area contributed by atoms with Crippen LogP contribution in [-0.4, -0.2) is 39.6 Å². The average molecular weight is 343 g/mol. The second-order valence-electron chi connectivity index (χ2n) is 6.27. The van der Waals surface area contributed by atoms with Gasteiger partial charge in [-0.05, 0) is 31.4 Å². The first-order valence-electron chi connectivity index (χ1n) is 8.23. The van der Waals surface area contributed by atoms with Crippen LogP contribution in [0.25, 0.3) is 0 Å². The highest BCUT2D eigenvalue weighted by Crippen LogP contribution is 2.15. The lowest BCUT2D eigenvalue weighted by Crippen LogP contribution is -2.47. The van der Waals surface area contributed by atoms with Crippen molar-refractivity contribution in [3.63, 3.8) is 0 Å². The van der Waals surface area contributed by atoms with Crippen molar-refractivity contribution in [3.05, 3.63) is 56.5 Å². The lowest BCUT2D eigenvalue weighted by atomic mass is 10.0. The maximum Gasteiger partial charge on any atom is 0.293 e. The zero-order valence-corrected chi connectivity index (χ0v) is 14.3. The van der Waals surface area contributed by atoms with Crippen LogP contribution in [0.5, 0.6) is 0 Å². The molecular formula is C17H21N5O3. The topological polar surface area (TPSA) is 100 Å². The molecular weight excluding hydrogens is 322 g/mol. The number of nitrogens with one attached hydrogen (secondary N) is 2. The Bertz CT molecular complexity index is 894. The minimum absolute atomic E-state index is 0.0321. The molecule has 132 valence electrons. The largest absolute Gasteiger partial charge is 0.352 e. The van der Waals surface area contributed by atoms with E-state index in [2.05, 4.69) is 15.3 Å². The highest BCUT2D eigenvalue weighted by Gasteiger charge is 2.24. The summed E-state index contributed by atoms with van der Waals surface area (Å²) >= 11 is 0. The van der Waals surface area contributed by atoms with Gasteiger partial charge in [0.25, 0.3) is 17.0 Å². The van der Waals surface area contributed by atoms with E-state index in [0.717, 1.165) is 0 Å². The van der Waals surface area contributed by atoms with Gasteiger partial charge in [-0.3, -0.25) is 14.4 Å². The molecule has 0 atom stereocenters. The van der Waals surface area contributed by atoms with Gasteiger partial charge in [-0.1, -0.05) is 0 Å². The molecule has 1 aliphatic heterocycles. The molecule has 8 heteroatoms. The molecule has 1 fully saturated rings. The predicted molar refractivity (Wildman–Crippen MR) is 94.0 cm³/mol. The summed E-state index contributed by atoms with van der Waals surface area (Å²) in [5, 5.41) is 2.93. The highest BCUT2D eigenvalue weighted by atomic mass is 16.2. The smallest absolute Gasteiger partial charge is 0.293 e. The monoisotopic (exact) mass is 343 g/mol. The summed E-state index contributed by atoms with van der Waals surface area (Å²) in [4.78, 5) is 45.0. The summed E-state index contributed by atoms with van der Waals surface area (Å²) in [6.45, 7) is 2.99. The van der Waals surface area contributed by atoms with Crippen molar-refractivity contribution in [3.8, 4) is 0 Å². The van der Waals surface area contributed by atoms with Crippen LogP contribution in [0.4, 0.5) is 5.82 Å². The Morgan fingerprint density at radius 2 is 2.04 bits per heavy atom. The van der Waals surface area contributed by atoms with Crippen LogP contribution in [0.3, 0.4) is 0 Å². The van der Waals surface area contributed by atoms with E-state index in [1.54, 1.807) is 32.4 Å². The normalized spacial score (nSPS) is 15.2. The van der Waals surface area contributed by atoms with E-state index in [1.165, 1.54) is 10.8 Å². The fraction of sp³-hybridized carbons (Fsp3) is 0.412. The standard InChI is InChI=1S/C17H21N5O3/c1-11-3-6-19-15(23)13(11)16(24)20-12-4-8-22(9-5-12)14-17(25)21(2)10-7-18-14/h3,6-7,10,12H,4-5,8-9H2,1-2H3,(H,19,23)(H,20,24). The van der Waals surface area contributed by atoms with Gasteiger partial charge in [0.2, 0.25) is 0 Å². The molecule has 1 aliphatic rings. The first kappa shape index (κ1) is 16.9. The SMILES string of the molecule is Cc1cc[nH]c(=O)c1C(=O)NC1CCN(c2nccn(C)c2=O)CC1. The van der Waals surface area contributed by atoms with Crippen molar-refractivity contribution in [2.45, 2.75) is 25.8 Å². The van der Waals surface area contributed by atoms with E-state index in [9.17, 15) is 14.4 Å². The van der Waals surface area contributed by atoms with Gasteiger partial charge < -0.3 is 19.8 Å². The molecule has 3 rings (SSSR count). The number of anilines is 1. The summed E-state index contributed by atoms with van der Waals surface area (Å²) < 4.78 is 1.50. The summed E-state index contributed by atoms with van der Waals surface area (Å²) in [7, 11) is 1.69. The van der Waals surface area contributed by atoms with Crippen LogP contribution in [0.2, 0.25) is 0 Å². The van der Waals surface area contributed by atoms with Gasteiger partial charge in [0.1, 0.15) is 5.56 Å². The zero-order chi connectivity index (χ0) is 18.0. The third kappa shape index (κ3) is 3.47. The summed E-state index contributed by atoms with van der Waals surface area (Å²) in [5.74, 6) is 0.0803. The van der Waals surface area contributed by atoms with Crippen LogP contribution >= 0.6 is 0 Å². The number of aryl methyl sites for hydroxylation is 2. The lowest BCUT2D eigenvalue weighted by molar-refractivity contribution is 0.0929. The van der Waals surface area contributed by atoms with Crippen LogP contribution in [-0.2, 0) is 7.05 Å². The molecule has 0 radical (unpaired) electrons. The van der Waals surface area contributed by atoms with E-state index < -0.39 is 0 Å². The number of rotatable bonds is 3. The number of aromatic amines is 1. The van der Waals surface area contributed by atoms with Gasteiger partial charge in [0.05, 0.1) is 0 Å². The number of aromatic nitrogens is 3. The number of carbonyl (C=O) groups is 1. The molecule has 25 heavy (non-hydrogen) atoms. The molecule has 0 bridgehead atoms. The Morgan fingerprint density at radius 3 is 2.72 bits per heavy atom. The minimum Gasteiger partial charge on any atom is -0.352 e. The van der Waals surface area contributed by atoms with Gasteiger partial charge in [0.15, 0.2) is 5.82 Å². The number of H-pyrrole nitrogens is 1. The fourth-order valence-corrected chi connectivity index (χ4v) is 3.05. The number of nitrogens with zero attached hydrogens (tertiary/aromatic N) is 3. The average Bonchev–Trinajstić information content (AvgIpc) is 2.58. The molecule has 2 aromatic rings. The van der Waals surface area contributed by atoms with Crippen molar-refractivity contribution < 1.29 is 4.79 Å². The number of amides is 1. The maximum atomic E-state index is 12.4. The van der Waals surface area contributed by atoms with Gasteiger partial charge in [-0.2, -0.15) is 0 Å². The van der Waals surface area contributed by atoms with Crippen LogP contribution in [0.15, 0.2) is 34.2 Å². The number of hydrogen-bond donors (Lipinski definition) is 2. The molecule has 1 saturated heterocycles. The van der Waals surface area contributed by atoms with Crippen LogP contribution in [0, 0.1) is 6.92 Å². The predicted octanol–water partition coefficient (Wildman–Crippen LogP) is 0.176. The van der Waals surface area contributed by atoms with E-state index in [4.69, 9.17) is 0 Å². The molecule has 0 aromatic carbocycles. The molecule has 8 nitrogen and oxygen atoms in total. The summed E-state index contributed by atoms with van der Waals surface area (Å²) in [6.07, 6.45) is 6.14. The lowest BCUT2D eigenvalue weighted by Gasteiger charge is -2.32. The molecule has 0 saturated carbocycles. The molecule has 0 spiro atoms. The first-order chi connectivity index (χ1) is 12.0. The van der Waals surface area contributed by atoms with Crippen LogP contribution < -0.4 is 21.3 Å². The first-order valence-corrected chi connectivity index (χ1v) is 8.23. The molecule has 1 amide bonds. The molecule has 3 heterocycles. The molecule has 2 N–H and O–H groups in total. The Hall–Kier alpha value is -2.90. The maximum absolute atomic E-state index is 12.4. The fourth-order valence-electron chi connectivity index (χ4n) is 3.05. The number of hydrogen-bond acceptors (Lipinski definition) is 5. The van der Waals surface area contributed by atoms with Crippen molar-refractivity contribution in [1.82, 2.24) is 19.9 Å². The van der Waals surface area contributed by atoms with E-state index in [0.29, 0.717) is 37.3 Å². The van der Waals surface area contributed by atoms with Gasteiger partial charge in [0, 0.05) is 44.8 Å². The Kier molecular flexibility index (Phi) is 4.69. The van der Waals surface area contributed by atoms with E-state index in [1.807, 2.05) is 4.90 Å². The van der Waals surface area contributed by atoms with Crippen LogP contribution in [0.1, 0.15) is 28.8 Å². The molecule has 0 aliphatic carbocycles. The summed E-state index contributed by atoms with van der Waals surface area (Å²) in [6, 6.07) is 1.67. The third-order valence-electron chi connectivity index (χ3n) is 4.52. The molecule has 0 unspecified atom stereocenters. The second-order valence-corrected chi connectivity index (χ2v) is 6.27. The zero-order valence-electron chi connectivity index (χ0n) is 14.3. The third-order valence-corrected chi connectivity index (χ3v) is 4.52. The van der Waals surface area contributed by atoms with Gasteiger partial charge in [-0.25, -0.2) is 4.98 Å². The van der Waals surface area contributed by atoms with Gasteiger partial charge in [-0.15, -0.1) is 0 Å². The quantitative estimate of drug-likeness (QED) is 0.828. The van der Waals surface area contributed by atoms with Gasteiger partial charge >= 0.3 is 0 Å². The second kappa shape index (κ2) is 6.92. The molecule has 2 aromatic heterocycles. The van der Waals surface area contributed by atoms with Crippen molar-refractivity contribution in [1.29, 1.82) is 0 Å². The number of carbonyl (C=O) groups excluding carboxylic acids is 1. The highest BCUT2D eigenvalue weighted by molar-refractivity contribution is 5.95. The number of piperidine rings is 1. The van der Waals surface area contributed by atoms with E-state index in [-0.39, 0.29) is 28.6 Å². The summed E-state index contributed by atoms with van der Waals surface area (Å²) in [5.41, 5.74) is 0.294. The van der Waals surface area contributed by atoms with Crippen molar-refractivity contribution in [2.75, 3.05) is 18.0 Å². The Labute approximate surface area is 144 Å². The van der Waals surface area contributed by atoms with Crippen molar-refractivity contribution >= 4 is 11.7 Å².